The standard InChI is InChI=1S/C34H52N2O5/c1-22(2)41-29-14-26-8-9-35(19-34(20-39-32(6,7)40-21-34)36(30(37)38)31(3,4)5)18-27(26)13-28(29)33-15-23-10-24(16-33)12-25(11-23)17-33/h13-14,22-25H,8-12,15-21H2,1-7H3,(H,37,38). The normalized spacial score (nSPS) is 32.1. The first-order chi connectivity index (χ1) is 19.2. The van der Waals surface area contributed by atoms with E-state index in [0.717, 1.165) is 43.0 Å². The smallest absolute Gasteiger partial charge is 0.408 e. The van der Waals surface area contributed by atoms with Crippen LogP contribution >= 0.6 is 0 Å². The number of hydrogen-bond donors (Lipinski definition) is 1. The van der Waals surface area contributed by atoms with Gasteiger partial charge in [-0.05, 0) is 140 Å². The molecule has 4 bridgehead atoms. The fourth-order valence-electron chi connectivity index (χ4n) is 9.59. The topological polar surface area (TPSA) is 71.5 Å². The first-order valence-corrected chi connectivity index (χ1v) is 16.0. The van der Waals surface area contributed by atoms with Gasteiger partial charge in [0.05, 0.1) is 19.3 Å². The first kappa shape index (κ1) is 29.3. The maximum Gasteiger partial charge on any atom is 0.408 e. The molecule has 4 aliphatic carbocycles. The molecule has 7 nitrogen and oxygen atoms in total. The van der Waals surface area contributed by atoms with Gasteiger partial charge in [-0.25, -0.2) is 4.79 Å². The van der Waals surface area contributed by atoms with Crippen molar-refractivity contribution < 1.29 is 24.1 Å². The van der Waals surface area contributed by atoms with Gasteiger partial charge in [-0.1, -0.05) is 0 Å². The molecular formula is C34H52N2O5. The molecule has 1 N–H and O–H groups in total. The maximum absolute atomic E-state index is 12.7. The number of carbonyl (C=O) groups is 1. The Labute approximate surface area is 246 Å². The van der Waals surface area contributed by atoms with Gasteiger partial charge in [-0.15, -0.1) is 0 Å². The molecular weight excluding hydrogens is 516 g/mol. The zero-order valence-electron chi connectivity index (χ0n) is 26.4. The molecule has 2 aliphatic heterocycles. The highest BCUT2D eigenvalue weighted by atomic mass is 16.7. The predicted octanol–water partition coefficient (Wildman–Crippen LogP) is 6.60. The highest BCUT2D eigenvalue weighted by Crippen LogP contribution is 2.62. The molecule has 0 spiro atoms. The second kappa shape index (κ2) is 10.1. The summed E-state index contributed by atoms with van der Waals surface area (Å²) >= 11 is 0. The number of benzene rings is 1. The van der Waals surface area contributed by atoms with Crippen molar-refractivity contribution >= 4 is 6.09 Å². The van der Waals surface area contributed by atoms with Gasteiger partial charge in [-0.3, -0.25) is 9.80 Å². The van der Waals surface area contributed by atoms with Gasteiger partial charge in [0.2, 0.25) is 0 Å². The Morgan fingerprint density at radius 1 is 1.05 bits per heavy atom. The van der Waals surface area contributed by atoms with Crippen molar-refractivity contribution in [1.82, 2.24) is 9.80 Å². The highest BCUT2D eigenvalue weighted by Gasteiger charge is 2.54. The molecule has 0 aromatic heterocycles. The van der Waals surface area contributed by atoms with E-state index in [1.54, 1.807) is 4.90 Å². The number of carboxylic acid groups (broad SMARTS) is 1. The van der Waals surface area contributed by atoms with E-state index in [2.05, 4.69) is 30.9 Å². The van der Waals surface area contributed by atoms with Crippen molar-refractivity contribution in [3.63, 3.8) is 0 Å². The van der Waals surface area contributed by atoms with E-state index in [4.69, 9.17) is 14.2 Å². The number of hydrogen-bond acceptors (Lipinski definition) is 5. The first-order valence-electron chi connectivity index (χ1n) is 16.0. The molecule has 2 heterocycles. The summed E-state index contributed by atoms with van der Waals surface area (Å²) in [5.74, 6) is 3.01. The Morgan fingerprint density at radius 2 is 1.63 bits per heavy atom. The highest BCUT2D eigenvalue weighted by molar-refractivity contribution is 5.67. The number of amides is 1. The van der Waals surface area contributed by atoms with Crippen LogP contribution in [0.3, 0.4) is 0 Å². The Hall–Kier alpha value is -1.83. The quantitative estimate of drug-likeness (QED) is 0.417. The summed E-state index contributed by atoms with van der Waals surface area (Å²) in [5, 5.41) is 10.4. The summed E-state index contributed by atoms with van der Waals surface area (Å²) in [6, 6.07) is 4.87. The third-order valence-corrected chi connectivity index (χ3v) is 10.6. The van der Waals surface area contributed by atoms with Crippen LogP contribution in [0, 0.1) is 17.8 Å². The van der Waals surface area contributed by atoms with Crippen LogP contribution in [0.15, 0.2) is 12.1 Å². The second-order valence-corrected chi connectivity index (χ2v) is 15.9. The molecule has 0 radical (unpaired) electrons. The molecule has 1 saturated heterocycles. The van der Waals surface area contributed by atoms with E-state index >= 15 is 0 Å². The lowest BCUT2D eigenvalue weighted by Crippen LogP contribution is -2.70. The average molecular weight is 569 g/mol. The second-order valence-electron chi connectivity index (χ2n) is 15.9. The molecule has 5 fully saturated rings. The molecule has 41 heavy (non-hydrogen) atoms. The molecule has 7 heteroatoms. The van der Waals surface area contributed by atoms with E-state index in [1.165, 1.54) is 55.2 Å². The summed E-state index contributed by atoms with van der Waals surface area (Å²) in [5.41, 5.74) is 3.07. The van der Waals surface area contributed by atoms with Crippen molar-refractivity contribution in [3.05, 3.63) is 28.8 Å². The fourth-order valence-corrected chi connectivity index (χ4v) is 9.59. The van der Waals surface area contributed by atoms with Gasteiger partial charge >= 0.3 is 6.09 Å². The molecule has 228 valence electrons. The molecule has 1 amide bonds. The lowest BCUT2D eigenvalue weighted by atomic mass is 9.48. The Bertz CT molecular complexity index is 1120. The monoisotopic (exact) mass is 568 g/mol. The molecule has 0 atom stereocenters. The van der Waals surface area contributed by atoms with Crippen molar-refractivity contribution in [3.8, 4) is 5.75 Å². The lowest BCUT2D eigenvalue weighted by Gasteiger charge is -2.57. The van der Waals surface area contributed by atoms with E-state index in [-0.39, 0.29) is 11.5 Å². The molecule has 1 aromatic rings. The van der Waals surface area contributed by atoms with Gasteiger partial charge in [0.1, 0.15) is 11.3 Å². The summed E-state index contributed by atoms with van der Waals surface area (Å²) in [6.07, 6.45) is 8.35. The molecule has 6 aliphatic rings. The molecule has 4 saturated carbocycles. The minimum atomic E-state index is -0.929. The summed E-state index contributed by atoms with van der Waals surface area (Å²) in [4.78, 5) is 16.7. The van der Waals surface area contributed by atoms with Gasteiger partial charge < -0.3 is 19.3 Å². The van der Waals surface area contributed by atoms with Crippen LogP contribution in [0.1, 0.15) is 104 Å². The van der Waals surface area contributed by atoms with E-state index in [9.17, 15) is 9.90 Å². The summed E-state index contributed by atoms with van der Waals surface area (Å²) in [7, 11) is 0. The fraction of sp³-hybridized carbons (Fsp3) is 0.794. The maximum atomic E-state index is 12.7. The van der Waals surface area contributed by atoms with E-state index in [0.29, 0.717) is 19.8 Å². The number of rotatable bonds is 6. The van der Waals surface area contributed by atoms with Crippen LogP contribution in [0.5, 0.6) is 5.75 Å². The van der Waals surface area contributed by atoms with Crippen LogP contribution in [0.25, 0.3) is 0 Å². The van der Waals surface area contributed by atoms with Crippen molar-refractivity contribution in [1.29, 1.82) is 0 Å². The largest absolute Gasteiger partial charge is 0.491 e. The van der Waals surface area contributed by atoms with Crippen LogP contribution < -0.4 is 4.74 Å². The van der Waals surface area contributed by atoms with Crippen molar-refractivity contribution in [2.24, 2.45) is 17.8 Å². The number of fused-ring (bicyclic) bond motifs is 1. The van der Waals surface area contributed by atoms with Crippen LogP contribution in [-0.2, 0) is 27.9 Å². The molecule has 1 aromatic carbocycles. The molecule has 7 rings (SSSR count). The minimum absolute atomic E-state index is 0.149. The van der Waals surface area contributed by atoms with Crippen LogP contribution in [0.2, 0.25) is 0 Å². The summed E-state index contributed by atoms with van der Waals surface area (Å²) in [6.45, 7) is 16.8. The van der Waals surface area contributed by atoms with Crippen molar-refractivity contribution in [2.75, 3.05) is 26.3 Å². The third-order valence-electron chi connectivity index (χ3n) is 10.6. The van der Waals surface area contributed by atoms with Crippen LogP contribution in [0.4, 0.5) is 4.79 Å². The minimum Gasteiger partial charge on any atom is -0.491 e. The van der Waals surface area contributed by atoms with Crippen molar-refractivity contribution in [2.45, 2.75) is 128 Å². The number of ether oxygens (including phenoxy) is 3. The SMILES string of the molecule is CC(C)Oc1cc2c(cc1C13CC4CC(CC(C4)C1)C3)CN(CC1(N(C(=O)O)C(C)(C)C)COC(C)(C)OC1)CC2. The zero-order chi connectivity index (χ0) is 29.4. The van der Waals surface area contributed by atoms with Crippen LogP contribution in [-0.4, -0.2) is 70.3 Å². The Kier molecular flexibility index (Phi) is 7.22. The van der Waals surface area contributed by atoms with Gasteiger partial charge in [0.15, 0.2) is 5.79 Å². The Morgan fingerprint density at radius 3 is 2.15 bits per heavy atom. The zero-order valence-corrected chi connectivity index (χ0v) is 26.4. The van der Waals surface area contributed by atoms with Gasteiger partial charge in [0, 0.05) is 30.7 Å². The number of nitrogens with zero attached hydrogens (tertiary/aromatic N) is 2. The van der Waals surface area contributed by atoms with E-state index in [1.807, 2.05) is 34.6 Å². The van der Waals surface area contributed by atoms with Gasteiger partial charge in [-0.2, -0.15) is 0 Å². The van der Waals surface area contributed by atoms with E-state index < -0.39 is 23.0 Å². The average Bonchev–Trinajstić information content (AvgIpc) is 2.83. The molecule has 0 unspecified atom stereocenters. The Balaban J connectivity index is 1.32. The predicted molar refractivity (Wildman–Crippen MR) is 159 cm³/mol. The van der Waals surface area contributed by atoms with Gasteiger partial charge in [0.25, 0.3) is 0 Å². The summed E-state index contributed by atoms with van der Waals surface area (Å²) < 4.78 is 18.9. The third kappa shape index (κ3) is 5.51. The lowest BCUT2D eigenvalue weighted by molar-refractivity contribution is -0.291.